The molecule has 1 fully saturated rings. The Morgan fingerprint density at radius 3 is 2.29 bits per heavy atom. The van der Waals surface area contributed by atoms with E-state index in [2.05, 4.69) is 32.0 Å². The maximum atomic E-state index is 13.7. The van der Waals surface area contributed by atoms with Gasteiger partial charge in [-0.15, -0.1) is 0 Å². The Bertz CT molecular complexity index is 1520. The normalized spacial score (nSPS) is 14.9. The highest BCUT2D eigenvalue weighted by molar-refractivity contribution is 6.05. The van der Waals surface area contributed by atoms with E-state index in [1.54, 1.807) is 6.33 Å². The van der Waals surface area contributed by atoms with E-state index in [-0.39, 0.29) is 11.6 Å². The first-order chi connectivity index (χ1) is 15.1. The summed E-state index contributed by atoms with van der Waals surface area (Å²) in [4.78, 5) is 28.3. The number of aromatic nitrogens is 5. The maximum Gasteiger partial charge on any atom is 0.265 e. The van der Waals surface area contributed by atoms with Gasteiger partial charge in [-0.25, -0.2) is 15.0 Å². The first-order valence-electron chi connectivity index (χ1n) is 10.9. The van der Waals surface area contributed by atoms with Crippen LogP contribution in [0.2, 0.25) is 0 Å². The highest BCUT2D eigenvalue weighted by atomic mass is 16.1. The number of hydrogen-bond acceptors (Lipinski definition) is 4. The van der Waals surface area contributed by atoms with Gasteiger partial charge in [-0.1, -0.05) is 31.0 Å². The van der Waals surface area contributed by atoms with E-state index in [4.69, 9.17) is 15.0 Å². The summed E-state index contributed by atoms with van der Waals surface area (Å²) in [6, 6.07) is 14.4. The predicted molar refractivity (Wildman–Crippen MR) is 123 cm³/mol. The van der Waals surface area contributed by atoms with Crippen LogP contribution in [0.4, 0.5) is 0 Å². The Kier molecular flexibility index (Phi) is 3.96. The highest BCUT2D eigenvalue weighted by Crippen LogP contribution is 2.31. The Hall–Kier alpha value is -3.54. The van der Waals surface area contributed by atoms with Crippen LogP contribution in [-0.4, -0.2) is 24.1 Å². The summed E-state index contributed by atoms with van der Waals surface area (Å²) in [6.07, 6.45) is 6.08. The van der Waals surface area contributed by atoms with E-state index in [0.29, 0.717) is 22.2 Å². The van der Waals surface area contributed by atoms with Crippen molar-refractivity contribution in [3.05, 3.63) is 70.3 Å². The zero-order valence-electron chi connectivity index (χ0n) is 17.7. The number of benzene rings is 2. The minimum absolute atomic E-state index is 0.0189. The van der Waals surface area contributed by atoms with Gasteiger partial charge in [0.25, 0.3) is 5.56 Å². The summed E-state index contributed by atoms with van der Waals surface area (Å²) in [5.41, 5.74) is 6.74. The lowest BCUT2D eigenvalue weighted by atomic mass is 10.1. The summed E-state index contributed by atoms with van der Waals surface area (Å²) in [7, 11) is 0. The molecule has 0 amide bonds. The molecule has 2 aromatic carbocycles. The Labute approximate surface area is 179 Å². The second-order valence-electron chi connectivity index (χ2n) is 8.66. The minimum Gasteiger partial charge on any atom is -0.295 e. The molecule has 0 radical (unpaired) electrons. The molecule has 154 valence electrons. The average Bonchev–Trinajstić information content (AvgIpc) is 3.38. The molecule has 1 aliphatic carbocycles. The zero-order valence-corrected chi connectivity index (χ0v) is 17.7. The summed E-state index contributed by atoms with van der Waals surface area (Å²) < 4.78 is 3.81. The largest absolute Gasteiger partial charge is 0.295 e. The van der Waals surface area contributed by atoms with Gasteiger partial charge in [0.05, 0.1) is 11.0 Å². The third-order valence-corrected chi connectivity index (χ3v) is 6.37. The molecule has 6 nitrogen and oxygen atoms in total. The molecule has 6 rings (SSSR count). The lowest BCUT2D eigenvalue weighted by Gasteiger charge is -2.13. The lowest BCUT2D eigenvalue weighted by molar-refractivity contribution is 0.499. The van der Waals surface area contributed by atoms with Crippen molar-refractivity contribution in [1.29, 1.82) is 0 Å². The van der Waals surface area contributed by atoms with Crippen LogP contribution in [0.5, 0.6) is 0 Å². The molecule has 31 heavy (non-hydrogen) atoms. The molecule has 1 aliphatic rings. The number of aryl methyl sites for hydroxylation is 2. The molecular formula is C25H23N5O. The summed E-state index contributed by atoms with van der Waals surface area (Å²) in [5, 5.41) is 0.557. The fourth-order valence-corrected chi connectivity index (χ4v) is 5.02. The molecule has 0 bridgehead atoms. The van der Waals surface area contributed by atoms with Crippen molar-refractivity contribution >= 4 is 33.2 Å². The van der Waals surface area contributed by atoms with Crippen molar-refractivity contribution in [2.45, 2.75) is 45.6 Å². The maximum absolute atomic E-state index is 13.7. The van der Waals surface area contributed by atoms with Crippen LogP contribution in [-0.2, 0) is 0 Å². The SMILES string of the molecule is Cc1cc(C)cc(-n2c3nc4ccccc4nc3c3c(=O)n(C4CCCC4)cnc32)c1. The Morgan fingerprint density at radius 2 is 1.58 bits per heavy atom. The van der Waals surface area contributed by atoms with Crippen molar-refractivity contribution in [2.75, 3.05) is 0 Å². The third-order valence-electron chi connectivity index (χ3n) is 6.37. The first-order valence-corrected chi connectivity index (χ1v) is 10.9. The van der Waals surface area contributed by atoms with Crippen LogP contribution in [0, 0.1) is 13.8 Å². The molecule has 0 unspecified atom stereocenters. The van der Waals surface area contributed by atoms with Gasteiger partial charge in [0.1, 0.15) is 17.2 Å². The van der Waals surface area contributed by atoms with Crippen molar-refractivity contribution < 1.29 is 0 Å². The van der Waals surface area contributed by atoms with Crippen LogP contribution >= 0.6 is 0 Å². The van der Waals surface area contributed by atoms with Crippen LogP contribution in [0.15, 0.2) is 53.6 Å². The van der Waals surface area contributed by atoms with Gasteiger partial charge in [0, 0.05) is 11.7 Å². The van der Waals surface area contributed by atoms with Gasteiger partial charge in [-0.05, 0) is 62.1 Å². The van der Waals surface area contributed by atoms with E-state index in [9.17, 15) is 4.79 Å². The van der Waals surface area contributed by atoms with Gasteiger partial charge in [-0.2, -0.15) is 0 Å². The number of hydrogen-bond donors (Lipinski definition) is 0. The van der Waals surface area contributed by atoms with Crippen molar-refractivity contribution in [2.24, 2.45) is 0 Å². The first kappa shape index (κ1) is 18.2. The van der Waals surface area contributed by atoms with E-state index < -0.39 is 0 Å². The number of nitrogens with zero attached hydrogens (tertiary/aromatic N) is 5. The molecule has 0 saturated heterocycles. The predicted octanol–water partition coefficient (Wildman–Crippen LogP) is 5.02. The quantitative estimate of drug-likeness (QED) is 0.411. The molecule has 0 N–H and O–H groups in total. The van der Waals surface area contributed by atoms with Crippen LogP contribution in [0.25, 0.3) is 38.9 Å². The molecule has 0 spiro atoms. The number of fused-ring (bicyclic) bond motifs is 4. The van der Waals surface area contributed by atoms with Crippen molar-refractivity contribution in [3.63, 3.8) is 0 Å². The molecule has 5 aromatic rings. The fraction of sp³-hybridized carbons (Fsp3) is 0.280. The smallest absolute Gasteiger partial charge is 0.265 e. The fourth-order valence-electron chi connectivity index (χ4n) is 5.02. The van der Waals surface area contributed by atoms with E-state index in [1.807, 2.05) is 33.4 Å². The summed E-state index contributed by atoms with van der Waals surface area (Å²) >= 11 is 0. The molecule has 1 saturated carbocycles. The van der Waals surface area contributed by atoms with E-state index >= 15 is 0 Å². The summed E-state index contributed by atoms with van der Waals surface area (Å²) in [5.74, 6) is 0. The van der Waals surface area contributed by atoms with Gasteiger partial charge in [-0.3, -0.25) is 13.9 Å². The standard InChI is InChI=1S/C25H23N5O/c1-15-11-16(2)13-18(12-15)30-23-21(25(31)29(14-26-23)17-7-3-4-8-17)22-24(30)28-20-10-6-5-9-19(20)27-22/h5-6,9-14,17H,3-4,7-8H2,1-2H3. The lowest BCUT2D eigenvalue weighted by Crippen LogP contribution is -2.23. The molecule has 0 atom stereocenters. The van der Waals surface area contributed by atoms with Crippen molar-refractivity contribution in [1.82, 2.24) is 24.1 Å². The Balaban J connectivity index is 1.78. The van der Waals surface area contributed by atoms with Crippen LogP contribution in [0.3, 0.4) is 0 Å². The van der Waals surface area contributed by atoms with E-state index in [0.717, 1.165) is 53.5 Å². The van der Waals surface area contributed by atoms with Gasteiger partial charge in [0.2, 0.25) is 0 Å². The number of para-hydroxylation sites is 2. The van der Waals surface area contributed by atoms with Gasteiger partial charge >= 0.3 is 0 Å². The highest BCUT2D eigenvalue weighted by Gasteiger charge is 2.24. The minimum atomic E-state index is -0.0189. The van der Waals surface area contributed by atoms with Crippen LogP contribution < -0.4 is 5.56 Å². The molecule has 3 aromatic heterocycles. The topological polar surface area (TPSA) is 65.6 Å². The van der Waals surface area contributed by atoms with Crippen LogP contribution in [0.1, 0.15) is 42.9 Å². The molecule has 0 aliphatic heterocycles. The third kappa shape index (κ3) is 2.78. The Morgan fingerprint density at radius 1 is 0.903 bits per heavy atom. The molecule has 6 heteroatoms. The van der Waals surface area contributed by atoms with Crippen molar-refractivity contribution in [3.8, 4) is 5.69 Å². The second-order valence-corrected chi connectivity index (χ2v) is 8.66. The van der Waals surface area contributed by atoms with Gasteiger partial charge in [0.15, 0.2) is 11.3 Å². The van der Waals surface area contributed by atoms with Gasteiger partial charge < -0.3 is 0 Å². The zero-order chi connectivity index (χ0) is 21.1. The summed E-state index contributed by atoms with van der Waals surface area (Å²) in [6.45, 7) is 4.15. The molecular weight excluding hydrogens is 386 g/mol. The second kappa shape index (κ2) is 6.74. The number of rotatable bonds is 2. The average molecular weight is 409 g/mol. The monoisotopic (exact) mass is 409 g/mol. The molecule has 3 heterocycles. The van der Waals surface area contributed by atoms with E-state index in [1.165, 1.54) is 0 Å².